The molecule has 1 aromatic heterocycles. The summed E-state index contributed by atoms with van der Waals surface area (Å²) in [4.78, 5) is 45.8. The molecule has 1 aliphatic heterocycles. The zero-order valence-corrected chi connectivity index (χ0v) is 32.6. The van der Waals surface area contributed by atoms with E-state index in [-0.39, 0.29) is 43.2 Å². The minimum atomic E-state index is -2.52. The van der Waals surface area contributed by atoms with E-state index in [4.69, 9.17) is 81.2 Å². The monoisotopic (exact) mass is 822 g/mol. The number of benzene rings is 2. The second kappa shape index (κ2) is 19.0. The summed E-state index contributed by atoms with van der Waals surface area (Å²) in [7, 11) is 0. The molecule has 16 heteroatoms. The molecule has 50 heavy (non-hydrogen) atoms. The largest absolute Gasteiger partial charge is 0.326 e. The fourth-order valence-corrected chi connectivity index (χ4v) is 7.01. The topological polar surface area (TPSA) is 99.9 Å². The van der Waals surface area contributed by atoms with Gasteiger partial charge in [0.2, 0.25) is 5.91 Å². The number of hydrogen-bond acceptors (Lipinski definition) is 5. The van der Waals surface area contributed by atoms with E-state index in [0.717, 1.165) is 35.6 Å². The zero-order chi connectivity index (χ0) is 36.4. The average molecular weight is 826 g/mol. The van der Waals surface area contributed by atoms with Crippen LogP contribution in [0.3, 0.4) is 0 Å². The van der Waals surface area contributed by atoms with Crippen molar-refractivity contribution in [2.24, 2.45) is 5.10 Å². The van der Waals surface area contributed by atoms with Crippen molar-refractivity contribution < 1.29 is 14.4 Å². The zero-order valence-electron chi connectivity index (χ0n) is 27.3. The summed E-state index contributed by atoms with van der Waals surface area (Å²) in [5.41, 5.74) is 0.324. The second-order valence-electron chi connectivity index (χ2n) is 11.9. The highest BCUT2D eigenvalue weighted by Crippen LogP contribution is 2.43. The van der Waals surface area contributed by atoms with Crippen molar-refractivity contribution in [1.82, 2.24) is 9.55 Å². The number of hydrogen-bond donors (Lipinski definition) is 1. The first kappa shape index (κ1) is 40.5. The number of aromatic nitrogens is 2. The number of carbonyl (C=O) groups excluding carboxylic acids is 3. The molecule has 4 rings (SSSR count). The molecular weight excluding hydrogens is 789 g/mol. The van der Waals surface area contributed by atoms with Gasteiger partial charge < -0.3 is 9.88 Å². The Morgan fingerprint density at radius 2 is 1.46 bits per heavy atom. The number of carbonyl (C=O) groups is 3. The average Bonchev–Trinajstić information content (AvgIpc) is 3.68. The van der Waals surface area contributed by atoms with Crippen LogP contribution in [0.5, 0.6) is 0 Å². The molecule has 0 radical (unpaired) electrons. The van der Waals surface area contributed by atoms with Crippen molar-refractivity contribution in [3.8, 4) is 0 Å². The van der Waals surface area contributed by atoms with E-state index in [1.54, 1.807) is 6.07 Å². The van der Waals surface area contributed by atoms with Gasteiger partial charge in [0.15, 0.2) is 11.9 Å². The summed E-state index contributed by atoms with van der Waals surface area (Å²) in [5, 5.41) is 8.59. The van der Waals surface area contributed by atoms with E-state index >= 15 is 0 Å². The van der Waals surface area contributed by atoms with Gasteiger partial charge in [0.1, 0.15) is 5.69 Å². The van der Waals surface area contributed by atoms with Crippen molar-refractivity contribution in [3.05, 3.63) is 69.1 Å². The van der Waals surface area contributed by atoms with Crippen molar-refractivity contribution in [3.63, 3.8) is 0 Å². The molecule has 1 N–H and O–H groups in total. The van der Waals surface area contributed by atoms with Gasteiger partial charge in [-0.05, 0) is 36.8 Å². The maximum atomic E-state index is 14.0. The Kier molecular flexibility index (Phi) is 15.4. The molecule has 0 fully saturated rings. The number of amides is 3. The summed E-state index contributed by atoms with van der Waals surface area (Å²) < 4.78 is -1.11. The van der Waals surface area contributed by atoms with Gasteiger partial charge in [0.25, 0.3) is 15.6 Å². The van der Waals surface area contributed by atoms with Gasteiger partial charge in [-0.1, -0.05) is 152 Å². The fourth-order valence-electron chi connectivity index (χ4n) is 5.58. The Morgan fingerprint density at radius 3 is 2.02 bits per heavy atom. The number of halogens is 7. The molecule has 0 saturated carbocycles. The normalized spacial score (nSPS) is 14.6. The lowest BCUT2D eigenvalue weighted by atomic mass is 10.1. The van der Waals surface area contributed by atoms with Crippen LogP contribution in [0.2, 0.25) is 20.1 Å². The molecule has 1 aliphatic rings. The van der Waals surface area contributed by atoms with Crippen LogP contribution in [0.4, 0.5) is 17.1 Å². The van der Waals surface area contributed by atoms with Gasteiger partial charge in [0.05, 0.1) is 27.1 Å². The molecule has 0 saturated heterocycles. The van der Waals surface area contributed by atoms with E-state index in [1.165, 1.54) is 92.5 Å². The molecule has 270 valence electrons. The van der Waals surface area contributed by atoms with Crippen LogP contribution in [0, 0.1) is 0 Å². The lowest BCUT2D eigenvalue weighted by Crippen LogP contribution is -2.47. The molecule has 9 nitrogen and oxygen atoms in total. The minimum absolute atomic E-state index is 0.0118. The molecule has 3 amide bonds. The first-order valence-electron chi connectivity index (χ1n) is 16.4. The van der Waals surface area contributed by atoms with Gasteiger partial charge in [-0.2, -0.15) is 5.01 Å². The lowest BCUT2D eigenvalue weighted by Gasteiger charge is -2.29. The minimum Gasteiger partial charge on any atom is -0.326 e. The van der Waals surface area contributed by atoms with Gasteiger partial charge in [-0.15, -0.1) is 5.10 Å². The van der Waals surface area contributed by atoms with Crippen LogP contribution >= 0.6 is 81.2 Å². The molecule has 2 heterocycles. The van der Waals surface area contributed by atoms with Crippen LogP contribution in [-0.4, -0.2) is 36.9 Å². The Morgan fingerprint density at radius 1 is 0.860 bits per heavy atom. The fraction of sp³-hybridized carbons (Fsp3) is 0.441. The Hall–Kier alpha value is -2.24. The Bertz CT molecular complexity index is 1660. The third kappa shape index (κ3) is 10.7. The number of rotatable bonds is 16. The number of nitrogens with zero attached hydrogens (tertiary/aromatic N) is 5. The predicted octanol–water partition coefficient (Wildman–Crippen LogP) is 11.4. The maximum Gasteiger partial charge on any atom is 0.284 e. The highest BCUT2D eigenvalue weighted by molar-refractivity contribution is 6.77. The molecule has 0 bridgehead atoms. The number of nitrogens with one attached hydrogen (secondary N) is 1. The summed E-state index contributed by atoms with van der Waals surface area (Å²) in [6.07, 6.45) is 17.5. The van der Waals surface area contributed by atoms with Gasteiger partial charge >= 0.3 is 0 Å². The molecular formula is C34H37Cl7N6O3. The van der Waals surface area contributed by atoms with Crippen LogP contribution in [0.15, 0.2) is 54.2 Å². The SMILES string of the molecule is CCCCCCCCCCCCCC(=O)Nc1ccc(Cl)c(N(C(=O)C(Cl)(Cl)Cl)C2=NN(c3c(Cl)cc(Cl)cc3Cl)C(=O)C2n2ccnc2)c1. The van der Waals surface area contributed by atoms with E-state index in [1.807, 2.05) is 0 Å². The number of imidazole rings is 1. The Balaban J connectivity index is 1.56. The van der Waals surface area contributed by atoms with Gasteiger partial charge in [-0.3, -0.25) is 19.3 Å². The number of alkyl halides is 3. The molecule has 1 atom stereocenters. The highest BCUT2D eigenvalue weighted by Gasteiger charge is 2.48. The van der Waals surface area contributed by atoms with E-state index in [0.29, 0.717) is 12.1 Å². The number of anilines is 3. The van der Waals surface area contributed by atoms with Crippen LogP contribution in [0.25, 0.3) is 0 Å². The summed E-state index contributed by atoms with van der Waals surface area (Å²) in [6.45, 7) is 2.22. The van der Waals surface area contributed by atoms with E-state index < -0.39 is 21.6 Å². The quantitative estimate of drug-likeness (QED) is 0.115. The van der Waals surface area contributed by atoms with Crippen molar-refractivity contribution in [2.45, 2.75) is 93.8 Å². The van der Waals surface area contributed by atoms with Crippen molar-refractivity contribution in [1.29, 1.82) is 0 Å². The first-order chi connectivity index (χ1) is 23.8. The molecule has 1 unspecified atom stereocenters. The van der Waals surface area contributed by atoms with Crippen LogP contribution < -0.4 is 15.2 Å². The van der Waals surface area contributed by atoms with E-state index in [2.05, 4.69) is 22.3 Å². The molecule has 3 aromatic rings. The smallest absolute Gasteiger partial charge is 0.284 e. The summed E-state index contributed by atoms with van der Waals surface area (Å²) in [6, 6.07) is 5.96. The lowest BCUT2D eigenvalue weighted by molar-refractivity contribution is -0.119. The number of hydrazone groups is 1. The predicted molar refractivity (Wildman–Crippen MR) is 207 cm³/mol. The summed E-state index contributed by atoms with van der Waals surface area (Å²) >= 11 is 44.1. The number of amidine groups is 1. The first-order valence-corrected chi connectivity index (χ1v) is 19.0. The number of unbranched alkanes of at least 4 members (excludes halogenated alkanes) is 10. The highest BCUT2D eigenvalue weighted by atomic mass is 35.6. The third-order valence-corrected chi connectivity index (χ3v) is 9.66. The van der Waals surface area contributed by atoms with E-state index in [9.17, 15) is 14.4 Å². The summed E-state index contributed by atoms with van der Waals surface area (Å²) in [5.74, 6) is -2.19. The Labute approximate surface area is 327 Å². The van der Waals surface area contributed by atoms with Crippen molar-refractivity contribution >= 4 is 122 Å². The molecule has 0 aliphatic carbocycles. The van der Waals surface area contributed by atoms with Crippen LogP contribution in [0.1, 0.15) is 90.0 Å². The van der Waals surface area contributed by atoms with Crippen LogP contribution in [-0.2, 0) is 14.4 Å². The van der Waals surface area contributed by atoms with Gasteiger partial charge in [0, 0.05) is 29.5 Å². The molecule has 2 aromatic carbocycles. The van der Waals surface area contributed by atoms with Gasteiger partial charge in [-0.25, -0.2) is 4.98 Å². The molecule has 0 spiro atoms. The standard InChI is InChI=1S/C34H37Cl7N6O3/c1-2-3-4-5-6-7-8-9-10-11-12-13-28(48)43-23-14-15-24(36)27(20-23)46(33(50)34(39,40)41)31-30(45-17-16-42-21-45)32(49)47(44-31)29-25(37)18-22(35)19-26(29)38/h14-21,30H,2-13H2,1H3,(H,43,48). The maximum absolute atomic E-state index is 14.0. The third-order valence-electron chi connectivity index (χ3n) is 8.06. The van der Waals surface area contributed by atoms with Crippen molar-refractivity contribution in [2.75, 3.05) is 15.2 Å². The second-order valence-corrected chi connectivity index (χ2v) is 15.8.